The summed E-state index contributed by atoms with van der Waals surface area (Å²) >= 11 is 0. The van der Waals surface area contributed by atoms with E-state index in [9.17, 15) is 14.7 Å². The van der Waals surface area contributed by atoms with Crippen LogP contribution in [0.25, 0.3) is 0 Å². The van der Waals surface area contributed by atoms with E-state index in [-0.39, 0.29) is 6.54 Å². The fourth-order valence-electron chi connectivity index (χ4n) is 2.13. The van der Waals surface area contributed by atoms with Crippen molar-refractivity contribution in [1.29, 1.82) is 0 Å². The molecule has 5 nitrogen and oxygen atoms in total. The Kier molecular flexibility index (Phi) is 3.46. The number of hydrogen-bond acceptors (Lipinski definition) is 3. The molecule has 20 heavy (non-hydrogen) atoms. The van der Waals surface area contributed by atoms with Gasteiger partial charge in [-0.05, 0) is 26.3 Å². The summed E-state index contributed by atoms with van der Waals surface area (Å²) in [7, 11) is 0. The van der Waals surface area contributed by atoms with Gasteiger partial charge in [0.25, 0.3) is 0 Å². The van der Waals surface area contributed by atoms with Crippen LogP contribution >= 0.6 is 0 Å². The molecule has 1 saturated heterocycles. The summed E-state index contributed by atoms with van der Waals surface area (Å²) in [5.41, 5.74) is -0.902. The average Bonchev–Trinajstić information content (AvgIpc) is 3.04. The van der Waals surface area contributed by atoms with Crippen molar-refractivity contribution >= 4 is 12.1 Å². The molecule has 0 saturated carbocycles. The van der Waals surface area contributed by atoms with E-state index in [1.165, 1.54) is 4.90 Å². The molecule has 108 valence electrons. The van der Waals surface area contributed by atoms with Gasteiger partial charge in [0.2, 0.25) is 0 Å². The number of carbonyl (C=O) groups is 2. The normalized spacial score (nSPS) is 21.4. The van der Waals surface area contributed by atoms with E-state index in [1.807, 2.05) is 30.3 Å². The fraction of sp³-hybridized carbons (Fsp3) is 0.467. The predicted octanol–water partition coefficient (Wildman–Crippen LogP) is 2.30. The molecule has 0 radical (unpaired) electrons. The lowest BCUT2D eigenvalue weighted by Crippen LogP contribution is -2.37. The monoisotopic (exact) mass is 277 g/mol. The first kappa shape index (κ1) is 14.4. The predicted molar refractivity (Wildman–Crippen MR) is 73.5 cm³/mol. The zero-order valence-electron chi connectivity index (χ0n) is 11.9. The summed E-state index contributed by atoms with van der Waals surface area (Å²) in [5, 5.41) is 9.43. The first-order chi connectivity index (χ1) is 9.24. The second kappa shape index (κ2) is 4.81. The van der Waals surface area contributed by atoms with Crippen LogP contribution in [0.4, 0.5) is 4.79 Å². The summed E-state index contributed by atoms with van der Waals surface area (Å²) in [6.45, 7) is 5.46. The molecule has 1 aliphatic heterocycles. The van der Waals surface area contributed by atoms with E-state index in [2.05, 4.69) is 0 Å². The van der Waals surface area contributed by atoms with Crippen LogP contribution < -0.4 is 0 Å². The van der Waals surface area contributed by atoms with Crippen molar-refractivity contribution in [3.8, 4) is 0 Å². The minimum absolute atomic E-state index is 0.187. The fourth-order valence-corrected chi connectivity index (χ4v) is 2.13. The van der Waals surface area contributed by atoms with Gasteiger partial charge in [-0.1, -0.05) is 30.3 Å². The highest BCUT2D eigenvalue weighted by molar-refractivity contribution is 5.91. The van der Waals surface area contributed by atoms with Gasteiger partial charge >= 0.3 is 12.1 Å². The van der Waals surface area contributed by atoms with E-state index in [1.54, 1.807) is 20.8 Å². The summed E-state index contributed by atoms with van der Waals surface area (Å²) < 4.78 is 5.23. The molecule has 1 aromatic carbocycles. The van der Waals surface area contributed by atoms with Crippen molar-refractivity contribution in [1.82, 2.24) is 4.90 Å². The molecule has 0 aromatic heterocycles. The van der Waals surface area contributed by atoms with Crippen LogP contribution in [-0.4, -0.2) is 39.8 Å². The zero-order chi connectivity index (χ0) is 15.0. The van der Waals surface area contributed by atoms with Gasteiger partial charge in [-0.15, -0.1) is 0 Å². The number of carbonyl (C=O) groups excluding carboxylic acids is 1. The lowest BCUT2D eigenvalue weighted by Gasteiger charge is -2.21. The van der Waals surface area contributed by atoms with Crippen molar-refractivity contribution in [2.75, 3.05) is 6.54 Å². The van der Waals surface area contributed by atoms with Gasteiger partial charge in [0.1, 0.15) is 5.60 Å². The van der Waals surface area contributed by atoms with Gasteiger partial charge in [0.05, 0.1) is 6.54 Å². The number of aliphatic carboxylic acids is 1. The number of nitrogens with zero attached hydrogens (tertiary/aromatic N) is 1. The molecule has 1 N–H and O–H groups in total. The lowest BCUT2D eigenvalue weighted by atomic mass is 9.99. The Morgan fingerprint density at radius 2 is 1.90 bits per heavy atom. The maximum Gasteiger partial charge on any atom is 0.411 e. The second-order valence-electron chi connectivity index (χ2n) is 6.07. The highest BCUT2D eigenvalue weighted by atomic mass is 16.6. The van der Waals surface area contributed by atoms with Gasteiger partial charge in [-0.25, -0.2) is 9.59 Å². The van der Waals surface area contributed by atoms with Crippen LogP contribution in [0.3, 0.4) is 0 Å². The van der Waals surface area contributed by atoms with E-state index in [0.717, 1.165) is 5.56 Å². The standard InChI is InChI=1S/C15H19NO4/c1-14(2,3)20-13(19)16-10-15(16,12(17)18)9-11-7-5-4-6-8-11/h4-8H,9-10H2,1-3H3,(H,17,18). The summed E-state index contributed by atoms with van der Waals surface area (Å²) in [4.78, 5) is 24.8. The van der Waals surface area contributed by atoms with Gasteiger partial charge in [-0.2, -0.15) is 0 Å². The first-order valence-corrected chi connectivity index (χ1v) is 6.52. The molecule has 1 aliphatic rings. The maximum absolute atomic E-state index is 12.0. The summed E-state index contributed by atoms with van der Waals surface area (Å²) in [6, 6.07) is 9.29. The molecule has 1 fully saturated rings. The van der Waals surface area contributed by atoms with Crippen molar-refractivity contribution in [2.45, 2.75) is 38.3 Å². The topological polar surface area (TPSA) is 66.6 Å². The number of carboxylic acid groups (broad SMARTS) is 1. The Morgan fingerprint density at radius 1 is 1.30 bits per heavy atom. The van der Waals surface area contributed by atoms with Gasteiger partial charge in [0.15, 0.2) is 5.54 Å². The Balaban J connectivity index is 2.11. The van der Waals surface area contributed by atoms with Crippen molar-refractivity contribution in [2.24, 2.45) is 0 Å². The maximum atomic E-state index is 12.0. The van der Waals surface area contributed by atoms with Crippen LogP contribution in [0.15, 0.2) is 30.3 Å². The van der Waals surface area contributed by atoms with E-state index in [4.69, 9.17) is 4.74 Å². The van der Waals surface area contributed by atoms with E-state index >= 15 is 0 Å². The largest absolute Gasteiger partial charge is 0.479 e. The second-order valence-corrected chi connectivity index (χ2v) is 6.07. The minimum Gasteiger partial charge on any atom is -0.479 e. The van der Waals surface area contributed by atoms with Gasteiger partial charge in [0, 0.05) is 6.42 Å². The number of hydrogen-bond donors (Lipinski definition) is 1. The smallest absolute Gasteiger partial charge is 0.411 e. The molecule has 1 amide bonds. The SMILES string of the molecule is CC(C)(C)OC(=O)N1CC1(Cc1ccccc1)C(=O)O. The van der Waals surface area contributed by atoms with E-state index < -0.39 is 23.2 Å². The molecule has 0 bridgehead atoms. The van der Waals surface area contributed by atoms with Crippen LogP contribution in [0.5, 0.6) is 0 Å². The molecule has 0 spiro atoms. The number of ether oxygens (including phenoxy) is 1. The Hall–Kier alpha value is -2.04. The lowest BCUT2D eigenvalue weighted by molar-refractivity contribution is -0.141. The third kappa shape index (κ3) is 2.92. The molecular weight excluding hydrogens is 258 g/mol. The molecule has 2 rings (SSSR count). The molecule has 1 unspecified atom stereocenters. The molecule has 1 heterocycles. The minimum atomic E-state index is -1.16. The van der Waals surface area contributed by atoms with Crippen LogP contribution in [-0.2, 0) is 16.0 Å². The van der Waals surface area contributed by atoms with E-state index in [0.29, 0.717) is 6.42 Å². The Labute approximate surface area is 118 Å². The van der Waals surface area contributed by atoms with Crippen LogP contribution in [0.2, 0.25) is 0 Å². The first-order valence-electron chi connectivity index (χ1n) is 6.52. The Morgan fingerprint density at radius 3 is 2.40 bits per heavy atom. The summed E-state index contributed by atoms with van der Waals surface area (Å²) in [5.74, 6) is -0.993. The number of carboxylic acids is 1. The van der Waals surface area contributed by atoms with Crippen LogP contribution in [0, 0.1) is 0 Å². The molecular formula is C15H19NO4. The van der Waals surface area contributed by atoms with Gasteiger partial charge in [-0.3, -0.25) is 4.90 Å². The molecule has 1 aromatic rings. The quantitative estimate of drug-likeness (QED) is 0.861. The highest BCUT2D eigenvalue weighted by Crippen LogP contribution is 2.37. The Bertz CT molecular complexity index is 520. The molecule has 0 aliphatic carbocycles. The van der Waals surface area contributed by atoms with Gasteiger partial charge < -0.3 is 9.84 Å². The van der Waals surface area contributed by atoms with Crippen molar-refractivity contribution in [3.63, 3.8) is 0 Å². The number of benzene rings is 1. The van der Waals surface area contributed by atoms with Crippen molar-refractivity contribution < 1.29 is 19.4 Å². The number of amides is 1. The average molecular weight is 277 g/mol. The summed E-state index contributed by atoms with van der Waals surface area (Å²) in [6.07, 6.45) is -0.279. The number of rotatable bonds is 3. The van der Waals surface area contributed by atoms with Crippen LogP contribution in [0.1, 0.15) is 26.3 Å². The third-order valence-corrected chi connectivity index (χ3v) is 3.18. The third-order valence-electron chi connectivity index (χ3n) is 3.18. The van der Waals surface area contributed by atoms with Crippen molar-refractivity contribution in [3.05, 3.63) is 35.9 Å². The zero-order valence-corrected chi connectivity index (χ0v) is 11.9. The molecule has 5 heteroatoms. The highest BCUT2D eigenvalue weighted by Gasteiger charge is 2.62. The molecule has 1 atom stereocenters.